The highest BCUT2D eigenvalue weighted by Crippen LogP contribution is 2.33. The van der Waals surface area contributed by atoms with Gasteiger partial charge in [0.2, 0.25) is 0 Å². The minimum atomic E-state index is 0.183. The third kappa shape index (κ3) is 3.31. The fourth-order valence-electron chi connectivity index (χ4n) is 3.93. The van der Waals surface area contributed by atoms with E-state index in [1.165, 1.54) is 17.7 Å². The maximum Gasteiger partial charge on any atom is 0.264 e. The molecule has 2 aromatic rings. The van der Waals surface area contributed by atoms with Gasteiger partial charge in [-0.2, -0.15) is 0 Å². The highest BCUT2D eigenvalue weighted by atomic mass is 32.1. The molecule has 2 bridgehead atoms. The van der Waals surface area contributed by atoms with Crippen molar-refractivity contribution >= 4 is 17.2 Å². The summed E-state index contributed by atoms with van der Waals surface area (Å²) in [5.74, 6) is 1.03. The number of likely N-dealkylation sites (tertiary alicyclic amines) is 1. The molecule has 4 nitrogen and oxygen atoms in total. The number of rotatable bonds is 3. The topological polar surface area (TPSA) is 41.6 Å². The number of nitrogens with one attached hydrogen (secondary N) is 1. The number of carbonyl (C=O) groups is 1. The molecule has 0 saturated carbocycles. The predicted octanol–water partition coefficient (Wildman–Crippen LogP) is 3.70. The van der Waals surface area contributed by atoms with E-state index in [0.29, 0.717) is 12.1 Å². The SMILES string of the molecule is COc1ccc(-c2cc(C(=O)N3CCC4CCC(C3)N4)sc2C)cc1. The Kier molecular flexibility index (Phi) is 4.52. The van der Waals surface area contributed by atoms with Crippen molar-refractivity contribution in [2.75, 3.05) is 20.2 Å². The van der Waals surface area contributed by atoms with Gasteiger partial charge in [-0.05, 0) is 55.5 Å². The van der Waals surface area contributed by atoms with Gasteiger partial charge in [-0.25, -0.2) is 0 Å². The van der Waals surface area contributed by atoms with Crippen LogP contribution in [0.3, 0.4) is 0 Å². The number of benzene rings is 1. The lowest BCUT2D eigenvalue weighted by atomic mass is 10.1. The summed E-state index contributed by atoms with van der Waals surface area (Å²) in [5, 5.41) is 3.64. The van der Waals surface area contributed by atoms with Gasteiger partial charge in [0.15, 0.2) is 0 Å². The highest BCUT2D eigenvalue weighted by Gasteiger charge is 2.32. The molecule has 0 spiro atoms. The van der Waals surface area contributed by atoms with Crippen molar-refractivity contribution in [2.45, 2.75) is 38.3 Å². The third-order valence-electron chi connectivity index (χ3n) is 5.34. The van der Waals surface area contributed by atoms with Crippen LogP contribution in [0.25, 0.3) is 11.1 Å². The standard InChI is InChI=1S/C20H24N2O2S/c1-13-18(14-3-7-17(24-2)8-4-14)11-19(25-13)20(23)22-10-9-15-5-6-16(12-22)21-15/h3-4,7-8,11,15-16,21H,5-6,9-10,12H2,1-2H3. The van der Waals surface area contributed by atoms with Gasteiger partial charge in [0.25, 0.3) is 5.91 Å². The second-order valence-electron chi connectivity index (χ2n) is 6.99. The summed E-state index contributed by atoms with van der Waals surface area (Å²) in [4.78, 5) is 17.1. The minimum Gasteiger partial charge on any atom is -0.497 e. The molecule has 2 aliphatic heterocycles. The number of hydrogen-bond donors (Lipinski definition) is 1. The Morgan fingerprint density at radius 1 is 1.20 bits per heavy atom. The van der Waals surface area contributed by atoms with Crippen molar-refractivity contribution in [3.05, 3.63) is 40.1 Å². The molecule has 4 rings (SSSR count). The van der Waals surface area contributed by atoms with Gasteiger partial charge < -0.3 is 15.0 Å². The average molecular weight is 356 g/mol. The lowest BCUT2D eigenvalue weighted by Gasteiger charge is -2.23. The van der Waals surface area contributed by atoms with Crippen molar-refractivity contribution < 1.29 is 9.53 Å². The van der Waals surface area contributed by atoms with Gasteiger partial charge in [0.1, 0.15) is 5.75 Å². The number of carbonyl (C=O) groups excluding carboxylic acids is 1. The first-order valence-corrected chi connectivity index (χ1v) is 9.76. The van der Waals surface area contributed by atoms with Crippen LogP contribution in [-0.2, 0) is 0 Å². The Labute approximate surface area is 152 Å². The molecule has 3 heterocycles. The van der Waals surface area contributed by atoms with Gasteiger partial charge >= 0.3 is 0 Å². The summed E-state index contributed by atoms with van der Waals surface area (Å²) in [5.41, 5.74) is 2.27. The van der Waals surface area contributed by atoms with E-state index in [1.54, 1.807) is 18.4 Å². The van der Waals surface area contributed by atoms with E-state index >= 15 is 0 Å². The summed E-state index contributed by atoms with van der Waals surface area (Å²) in [7, 11) is 1.67. The quantitative estimate of drug-likeness (QED) is 0.912. The molecule has 2 fully saturated rings. The van der Waals surface area contributed by atoms with Crippen LogP contribution >= 0.6 is 11.3 Å². The number of ether oxygens (including phenoxy) is 1. The minimum absolute atomic E-state index is 0.183. The van der Waals surface area contributed by atoms with Crippen LogP contribution in [0.15, 0.2) is 30.3 Å². The van der Waals surface area contributed by atoms with Crippen LogP contribution in [0.5, 0.6) is 5.75 Å². The maximum absolute atomic E-state index is 13.0. The van der Waals surface area contributed by atoms with Crippen molar-refractivity contribution in [3.8, 4) is 16.9 Å². The molecular weight excluding hydrogens is 332 g/mol. The van der Waals surface area contributed by atoms with Gasteiger partial charge in [-0.1, -0.05) is 12.1 Å². The highest BCUT2D eigenvalue weighted by molar-refractivity contribution is 7.14. The van der Waals surface area contributed by atoms with E-state index in [1.807, 2.05) is 17.0 Å². The van der Waals surface area contributed by atoms with Gasteiger partial charge in [-0.3, -0.25) is 4.79 Å². The van der Waals surface area contributed by atoms with E-state index in [4.69, 9.17) is 4.74 Å². The molecular formula is C20H24N2O2S. The van der Waals surface area contributed by atoms with Crippen molar-refractivity contribution in [3.63, 3.8) is 0 Å². The molecule has 1 aromatic heterocycles. The van der Waals surface area contributed by atoms with Crippen LogP contribution in [0.2, 0.25) is 0 Å². The Morgan fingerprint density at radius 2 is 1.96 bits per heavy atom. The Hall–Kier alpha value is -1.85. The molecule has 2 unspecified atom stereocenters. The summed E-state index contributed by atoms with van der Waals surface area (Å²) < 4.78 is 5.23. The summed E-state index contributed by atoms with van der Waals surface area (Å²) in [6.45, 7) is 3.79. The Bertz CT molecular complexity index is 769. The monoisotopic (exact) mass is 356 g/mol. The Balaban J connectivity index is 1.55. The molecule has 0 aliphatic carbocycles. The fraction of sp³-hybridized carbons (Fsp3) is 0.450. The number of nitrogens with zero attached hydrogens (tertiary/aromatic N) is 1. The zero-order valence-electron chi connectivity index (χ0n) is 14.7. The smallest absolute Gasteiger partial charge is 0.264 e. The van der Waals surface area contributed by atoms with Gasteiger partial charge in [-0.15, -0.1) is 11.3 Å². The molecule has 1 aromatic carbocycles. The van der Waals surface area contributed by atoms with E-state index in [2.05, 4.69) is 30.4 Å². The zero-order valence-corrected chi connectivity index (χ0v) is 15.6. The first-order valence-electron chi connectivity index (χ1n) is 8.94. The molecule has 5 heteroatoms. The number of methoxy groups -OCH3 is 1. The van der Waals surface area contributed by atoms with E-state index in [0.717, 1.165) is 41.3 Å². The van der Waals surface area contributed by atoms with E-state index in [-0.39, 0.29) is 5.91 Å². The van der Waals surface area contributed by atoms with Crippen LogP contribution in [0.4, 0.5) is 0 Å². The Morgan fingerprint density at radius 3 is 2.72 bits per heavy atom. The van der Waals surface area contributed by atoms with Crippen molar-refractivity contribution in [1.29, 1.82) is 0 Å². The first-order chi connectivity index (χ1) is 12.1. The lowest BCUT2D eigenvalue weighted by Crippen LogP contribution is -2.38. The van der Waals surface area contributed by atoms with Gasteiger partial charge in [0.05, 0.1) is 12.0 Å². The molecule has 1 N–H and O–H groups in total. The number of thiophene rings is 1. The van der Waals surface area contributed by atoms with Crippen molar-refractivity contribution in [2.24, 2.45) is 0 Å². The van der Waals surface area contributed by atoms with Crippen LogP contribution in [0, 0.1) is 6.92 Å². The molecule has 0 radical (unpaired) electrons. The fourth-order valence-corrected chi connectivity index (χ4v) is 4.94. The molecule has 2 atom stereocenters. The number of hydrogen-bond acceptors (Lipinski definition) is 4. The third-order valence-corrected chi connectivity index (χ3v) is 6.38. The van der Waals surface area contributed by atoms with E-state index < -0.39 is 0 Å². The zero-order chi connectivity index (χ0) is 17.4. The number of amides is 1. The number of fused-ring (bicyclic) bond motifs is 2. The molecule has 2 aliphatic rings. The molecule has 1 amide bonds. The summed E-state index contributed by atoms with van der Waals surface area (Å²) in [6, 6.07) is 11.2. The molecule has 132 valence electrons. The normalized spacial score (nSPS) is 22.7. The summed E-state index contributed by atoms with van der Waals surface area (Å²) >= 11 is 1.60. The van der Waals surface area contributed by atoms with Gasteiger partial charge in [0, 0.05) is 30.1 Å². The van der Waals surface area contributed by atoms with Crippen LogP contribution < -0.4 is 10.1 Å². The largest absolute Gasteiger partial charge is 0.497 e. The van der Waals surface area contributed by atoms with Crippen LogP contribution in [0.1, 0.15) is 33.8 Å². The van der Waals surface area contributed by atoms with Crippen molar-refractivity contribution in [1.82, 2.24) is 10.2 Å². The summed E-state index contributed by atoms with van der Waals surface area (Å²) in [6.07, 6.45) is 3.51. The predicted molar refractivity (Wildman–Crippen MR) is 102 cm³/mol. The molecule has 2 saturated heterocycles. The average Bonchev–Trinajstić information content (AvgIpc) is 3.17. The van der Waals surface area contributed by atoms with E-state index in [9.17, 15) is 4.79 Å². The lowest BCUT2D eigenvalue weighted by molar-refractivity contribution is 0.0753. The number of aryl methyl sites for hydroxylation is 1. The second-order valence-corrected chi connectivity index (χ2v) is 8.24. The van der Waals surface area contributed by atoms with Crippen LogP contribution in [-0.4, -0.2) is 43.1 Å². The second kappa shape index (κ2) is 6.81. The maximum atomic E-state index is 13.0. The first kappa shape index (κ1) is 16.6. The molecule has 25 heavy (non-hydrogen) atoms.